The van der Waals surface area contributed by atoms with E-state index >= 15 is 0 Å². The highest BCUT2D eigenvalue weighted by Crippen LogP contribution is 2.08. The number of halogens is 1. The van der Waals surface area contributed by atoms with Gasteiger partial charge in [0.15, 0.2) is 5.71 Å². The number of cyclic esters (lactones) is 1. The fraction of sp³-hybridized carbons (Fsp3) is 0.200. The molecule has 0 radical (unpaired) electrons. The zero-order chi connectivity index (χ0) is 9.97. The molecule has 1 aromatic carbocycles. The van der Waals surface area contributed by atoms with Crippen LogP contribution in [0.15, 0.2) is 29.3 Å². The Kier molecular flexibility index (Phi) is 2.26. The summed E-state index contributed by atoms with van der Waals surface area (Å²) in [6, 6.07) is 5.61. The molecule has 4 heteroatoms. The van der Waals surface area contributed by atoms with Crippen LogP contribution in [-0.2, 0) is 9.53 Å². The van der Waals surface area contributed by atoms with Crippen molar-refractivity contribution >= 4 is 11.7 Å². The summed E-state index contributed by atoms with van der Waals surface area (Å²) in [5, 5.41) is 0. The Morgan fingerprint density at radius 3 is 2.64 bits per heavy atom. The molecule has 0 unspecified atom stereocenters. The first-order valence-electron chi connectivity index (χ1n) is 4.25. The third kappa shape index (κ3) is 1.64. The molecule has 0 saturated carbocycles. The number of esters is 1. The van der Waals surface area contributed by atoms with Crippen LogP contribution in [0.5, 0.6) is 0 Å². The van der Waals surface area contributed by atoms with Crippen molar-refractivity contribution in [3.05, 3.63) is 35.6 Å². The molecule has 0 fully saturated rings. The summed E-state index contributed by atoms with van der Waals surface area (Å²) in [5.74, 6) is -0.776. The maximum Gasteiger partial charge on any atom is 0.357 e. The molecule has 3 nitrogen and oxygen atoms in total. The average Bonchev–Trinajstić information content (AvgIpc) is 2.20. The number of carbonyl (C=O) groups excluding carboxylic acids is 1. The average molecular weight is 193 g/mol. The van der Waals surface area contributed by atoms with Gasteiger partial charge in [0.05, 0.1) is 6.54 Å². The van der Waals surface area contributed by atoms with Gasteiger partial charge in [0, 0.05) is 5.56 Å². The molecule has 0 bridgehead atoms. The van der Waals surface area contributed by atoms with E-state index < -0.39 is 5.97 Å². The maximum atomic E-state index is 12.6. The largest absolute Gasteiger partial charge is 0.459 e. The molecule has 1 aromatic rings. The molecule has 0 spiro atoms. The third-order valence-electron chi connectivity index (χ3n) is 1.91. The van der Waals surface area contributed by atoms with Gasteiger partial charge in [0.1, 0.15) is 12.4 Å². The maximum absolute atomic E-state index is 12.6. The number of hydrogen-bond donors (Lipinski definition) is 0. The Morgan fingerprint density at radius 2 is 2.00 bits per heavy atom. The fourth-order valence-electron chi connectivity index (χ4n) is 1.25. The number of nitrogens with zero attached hydrogens (tertiary/aromatic N) is 1. The van der Waals surface area contributed by atoms with Gasteiger partial charge in [-0.1, -0.05) is 0 Å². The molecule has 72 valence electrons. The van der Waals surface area contributed by atoms with Gasteiger partial charge in [-0.3, -0.25) is 4.99 Å². The molecule has 1 heterocycles. The van der Waals surface area contributed by atoms with Crippen molar-refractivity contribution in [2.75, 3.05) is 13.2 Å². The summed E-state index contributed by atoms with van der Waals surface area (Å²) in [7, 11) is 0. The number of aliphatic imine (C=N–C) groups is 1. The summed E-state index contributed by atoms with van der Waals surface area (Å²) in [6.45, 7) is 0.794. The van der Waals surface area contributed by atoms with Gasteiger partial charge in [0.2, 0.25) is 0 Å². The Bertz CT molecular complexity index is 384. The number of ether oxygens (including phenoxy) is 1. The molecule has 0 atom stereocenters. The van der Waals surface area contributed by atoms with Gasteiger partial charge in [-0.2, -0.15) is 0 Å². The van der Waals surface area contributed by atoms with Gasteiger partial charge in [-0.15, -0.1) is 0 Å². The van der Waals surface area contributed by atoms with E-state index in [0.717, 1.165) is 0 Å². The van der Waals surface area contributed by atoms with E-state index in [2.05, 4.69) is 4.99 Å². The second-order valence-electron chi connectivity index (χ2n) is 2.87. The predicted molar refractivity (Wildman–Crippen MR) is 48.8 cm³/mol. The number of carbonyl (C=O) groups is 1. The lowest BCUT2D eigenvalue weighted by Gasteiger charge is -2.11. The van der Waals surface area contributed by atoms with Gasteiger partial charge in [-0.05, 0) is 24.3 Å². The van der Waals surface area contributed by atoms with E-state index in [-0.39, 0.29) is 11.5 Å². The topological polar surface area (TPSA) is 38.7 Å². The Labute approximate surface area is 80.2 Å². The summed E-state index contributed by atoms with van der Waals surface area (Å²) >= 11 is 0. The first kappa shape index (κ1) is 8.87. The molecule has 1 aliphatic rings. The van der Waals surface area contributed by atoms with Crippen LogP contribution in [-0.4, -0.2) is 24.8 Å². The Hall–Kier alpha value is -1.71. The van der Waals surface area contributed by atoms with Crippen LogP contribution in [0.1, 0.15) is 5.56 Å². The summed E-state index contributed by atoms with van der Waals surface area (Å²) < 4.78 is 17.4. The molecule has 1 aliphatic heterocycles. The first-order chi connectivity index (χ1) is 6.77. The van der Waals surface area contributed by atoms with Crippen LogP contribution in [0.25, 0.3) is 0 Å². The highest BCUT2D eigenvalue weighted by atomic mass is 19.1. The highest BCUT2D eigenvalue weighted by molar-refractivity contribution is 6.43. The highest BCUT2D eigenvalue weighted by Gasteiger charge is 2.18. The van der Waals surface area contributed by atoms with Crippen molar-refractivity contribution in [2.24, 2.45) is 4.99 Å². The molecule has 0 aliphatic carbocycles. The van der Waals surface area contributed by atoms with E-state index in [0.29, 0.717) is 18.7 Å². The molecular formula is C10H8FNO2. The number of rotatable bonds is 1. The van der Waals surface area contributed by atoms with Gasteiger partial charge in [0.25, 0.3) is 0 Å². The third-order valence-corrected chi connectivity index (χ3v) is 1.91. The Balaban J connectivity index is 2.34. The molecule has 0 aromatic heterocycles. The molecule has 2 rings (SSSR count). The van der Waals surface area contributed by atoms with E-state index in [1.54, 1.807) is 0 Å². The minimum Gasteiger partial charge on any atom is -0.459 e. The zero-order valence-electron chi connectivity index (χ0n) is 7.37. The van der Waals surface area contributed by atoms with Crippen molar-refractivity contribution in [1.82, 2.24) is 0 Å². The summed E-state index contributed by atoms with van der Waals surface area (Å²) in [4.78, 5) is 15.3. The van der Waals surface area contributed by atoms with E-state index in [4.69, 9.17) is 4.74 Å². The van der Waals surface area contributed by atoms with Crippen molar-refractivity contribution < 1.29 is 13.9 Å². The van der Waals surface area contributed by atoms with Crippen LogP contribution in [0.2, 0.25) is 0 Å². The molecule has 14 heavy (non-hydrogen) atoms. The first-order valence-corrected chi connectivity index (χ1v) is 4.25. The summed E-state index contributed by atoms with van der Waals surface area (Å²) in [5.41, 5.74) is 0.868. The van der Waals surface area contributed by atoms with Gasteiger partial charge < -0.3 is 4.74 Å². The lowest BCUT2D eigenvalue weighted by Crippen LogP contribution is -2.25. The molecule has 0 saturated heterocycles. The lowest BCUT2D eigenvalue weighted by molar-refractivity contribution is -0.135. The van der Waals surface area contributed by atoms with Crippen LogP contribution in [0.3, 0.4) is 0 Å². The second-order valence-corrected chi connectivity index (χ2v) is 2.87. The second kappa shape index (κ2) is 3.57. The van der Waals surface area contributed by atoms with E-state index in [9.17, 15) is 9.18 Å². The Morgan fingerprint density at radius 1 is 1.29 bits per heavy atom. The van der Waals surface area contributed by atoms with Gasteiger partial charge >= 0.3 is 5.97 Å². The fourth-order valence-corrected chi connectivity index (χ4v) is 1.25. The zero-order valence-corrected chi connectivity index (χ0v) is 7.37. The van der Waals surface area contributed by atoms with E-state index in [1.807, 2.05) is 0 Å². The van der Waals surface area contributed by atoms with Crippen LogP contribution < -0.4 is 0 Å². The quantitative estimate of drug-likeness (QED) is 0.628. The smallest absolute Gasteiger partial charge is 0.357 e. The van der Waals surface area contributed by atoms with Crippen LogP contribution in [0, 0.1) is 5.82 Å². The summed E-state index contributed by atoms with van der Waals surface area (Å²) in [6.07, 6.45) is 0. The van der Waals surface area contributed by atoms with Crippen molar-refractivity contribution in [3.63, 3.8) is 0 Å². The van der Waals surface area contributed by atoms with Crippen molar-refractivity contribution in [2.45, 2.75) is 0 Å². The van der Waals surface area contributed by atoms with Crippen molar-refractivity contribution in [3.8, 4) is 0 Å². The predicted octanol–water partition coefficient (Wildman–Crippen LogP) is 1.17. The molecule has 0 amide bonds. The molecular weight excluding hydrogens is 185 g/mol. The number of benzene rings is 1. The van der Waals surface area contributed by atoms with Crippen molar-refractivity contribution in [1.29, 1.82) is 0 Å². The minimum atomic E-state index is -0.442. The van der Waals surface area contributed by atoms with Gasteiger partial charge in [-0.25, -0.2) is 9.18 Å². The van der Waals surface area contributed by atoms with Crippen LogP contribution >= 0.6 is 0 Å². The molecule has 0 N–H and O–H groups in total. The monoisotopic (exact) mass is 193 g/mol. The SMILES string of the molecule is O=C1OCCN=C1c1ccc(F)cc1. The standard InChI is InChI=1S/C10H8FNO2/c11-8-3-1-7(2-4-8)9-10(13)14-6-5-12-9/h1-4H,5-6H2. The normalized spacial score (nSPS) is 16.1. The lowest BCUT2D eigenvalue weighted by atomic mass is 10.1. The minimum absolute atomic E-state index is 0.274. The number of hydrogen-bond acceptors (Lipinski definition) is 3. The van der Waals surface area contributed by atoms with E-state index in [1.165, 1.54) is 24.3 Å². The van der Waals surface area contributed by atoms with Crippen LogP contribution in [0.4, 0.5) is 4.39 Å².